The van der Waals surface area contributed by atoms with Crippen LogP contribution in [0.1, 0.15) is 38.4 Å². The Kier molecular flexibility index (Phi) is 4.53. The van der Waals surface area contributed by atoms with E-state index in [4.69, 9.17) is 0 Å². The maximum atomic E-state index is 13.4. The van der Waals surface area contributed by atoms with Crippen LogP contribution in [0.15, 0.2) is 18.3 Å². The van der Waals surface area contributed by atoms with Gasteiger partial charge in [0.05, 0.1) is 11.7 Å². The van der Waals surface area contributed by atoms with Crippen LogP contribution >= 0.6 is 0 Å². The van der Waals surface area contributed by atoms with E-state index in [9.17, 15) is 4.39 Å². The molecule has 1 aromatic heterocycles. The van der Waals surface area contributed by atoms with Gasteiger partial charge in [0, 0.05) is 6.20 Å². The second-order valence-corrected chi connectivity index (χ2v) is 3.29. The summed E-state index contributed by atoms with van der Waals surface area (Å²) in [4.78, 5) is 4.06. The molecule has 3 heteroatoms. The Morgan fingerprint density at radius 2 is 2.29 bits per heavy atom. The van der Waals surface area contributed by atoms with Crippen LogP contribution in [-0.4, -0.2) is 11.5 Å². The molecule has 0 fully saturated rings. The molecule has 0 aliphatic heterocycles. The molecule has 1 atom stereocenters. The number of halogens is 1. The molecule has 1 aromatic rings. The molecule has 2 nitrogen and oxygen atoms in total. The molecule has 0 radical (unpaired) electrons. The Labute approximate surface area is 84.6 Å². The molecule has 0 aliphatic rings. The maximum Gasteiger partial charge on any atom is 0.146 e. The summed E-state index contributed by atoms with van der Waals surface area (Å²) < 4.78 is 13.4. The van der Waals surface area contributed by atoms with E-state index in [0.717, 1.165) is 19.4 Å². The highest BCUT2D eigenvalue weighted by Gasteiger charge is 2.13. The molecule has 0 saturated heterocycles. The zero-order valence-corrected chi connectivity index (χ0v) is 8.76. The molecule has 0 aromatic carbocycles. The number of hydrogen-bond acceptors (Lipinski definition) is 2. The Balaban J connectivity index is 2.73. The van der Waals surface area contributed by atoms with Gasteiger partial charge in [0.1, 0.15) is 5.82 Å². The third-order valence-corrected chi connectivity index (χ3v) is 2.17. The van der Waals surface area contributed by atoms with Crippen molar-refractivity contribution < 1.29 is 4.39 Å². The van der Waals surface area contributed by atoms with E-state index in [2.05, 4.69) is 17.2 Å². The monoisotopic (exact) mass is 196 g/mol. The first-order valence-electron chi connectivity index (χ1n) is 5.13. The largest absolute Gasteiger partial charge is 0.309 e. The first kappa shape index (κ1) is 11.1. The normalized spacial score (nSPS) is 12.8. The van der Waals surface area contributed by atoms with Gasteiger partial charge in [-0.3, -0.25) is 4.98 Å². The molecule has 0 amide bonds. The van der Waals surface area contributed by atoms with Gasteiger partial charge in [-0.1, -0.05) is 13.8 Å². The van der Waals surface area contributed by atoms with Crippen LogP contribution in [0.5, 0.6) is 0 Å². The molecule has 14 heavy (non-hydrogen) atoms. The van der Waals surface area contributed by atoms with E-state index in [1.54, 1.807) is 12.3 Å². The summed E-state index contributed by atoms with van der Waals surface area (Å²) in [6.07, 6.45) is 3.54. The Bertz CT molecular complexity index is 276. The third-order valence-electron chi connectivity index (χ3n) is 2.17. The van der Waals surface area contributed by atoms with Crippen LogP contribution in [0.2, 0.25) is 0 Å². The lowest BCUT2D eigenvalue weighted by Gasteiger charge is -2.16. The molecule has 1 unspecified atom stereocenters. The molecule has 0 aliphatic carbocycles. The van der Waals surface area contributed by atoms with Crippen LogP contribution in [0.25, 0.3) is 0 Å². The summed E-state index contributed by atoms with van der Waals surface area (Å²) >= 11 is 0. The molecular formula is C11H17FN2. The zero-order valence-electron chi connectivity index (χ0n) is 8.76. The number of nitrogens with one attached hydrogen (secondary N) is 1. The van der Waals surface area contributed by atoms with E-state index in [1.807, 2.05) is 6.92 Å². The standard InChI is InChI=1S/C11H17FN2/c1-3-7-13-10(4-2)11-9(12)6-5-8-14-11/h5-6,8,10,13H,3-4,7H2,1-2H3. The fourth-order valence-electron chi connectivity index (χ4n) is 1.41. The fraction of sp³-hybridized carbons (Fsp3) is 0.545. The quantitative estimate of drug-likeness (QED) is 0.783. The van der Waals surface area contributed by atoms with Crippen molar-refractivity contribution in [1.82, 2.24) is 10.3 Å². The van der Waals surface area contributed by atoms with Gasteiger partial charge >= 0.3 is 0 Å². The zero-order chi connectivity index (χ0) is 10.4. The lowest BCUT2D eigenvalue weighted by atomic mass is 10.1. The van der Waals surface area contributed by atoms with Crippen molar-refractivity contribution in [1.29, 1.82) is 0 Å². The number of aromatic nitrogens is 1. The molecular weight excluding hydrogens is 179 g/mol. The number of rotatable bonds is 5. The summed E-state index contributed by atoms with van der Waals surface area (Å²) in [6, 6.07) is 3.11. The van der Waals surface area contributed by atoms with Crippen LogP contribution in [-0.2, 0) is 0 Å². The lowest BCUT2D eigenvalue weighted by Crippen LogP contribution is -2.23. The van der Waals surface area contributed by atoms with Gasteiger partial charge in [-0.05, 0) is 31.5 Å². The first-order chi connectivity index (χ1) is 6.79. The molecule has 1 heterocycles. The average molecular weight is 196 g/mol. The van der Waals surface area contributed by atoms with Gasteiger partial charge < -0.3 is 5.32 Å². The number of pyridine rings is 1. The van der Waals surface area contributed by atoms with Crippen LogP contribution < -0.4 is 5.32 Å². The lowest BCUT2D eigenvalue weighted by molar-refractivity contribution is 0.474. The minimum Gasteiger partial charge on any atom is -0.309 e. The van der Waals surface area contributed by atoms with Crippen molar-refractivity contribution in [2.75, 3.05) is 6.54 Å². The van der Waals surface area contributed by atoms with E-state index in [0.29, 0.717) is 5.69 Å². The smallest absolute Gasteiger partial charge is 0.146 e. The third kappa shape index (κ3) is 2.77. The van der Waals surface area contributed by atoms with Crippen LogP contribution in [0.3, 0.4) is 0 Å². The average Bonchev–Trinajstić information content (AvgIpc) is 2.21. The molecule has 1 N–H and O–H groups in total. The minimum atomic E-state index is -0.219. The highest BCUT2D eigenvalue weighted by Crippen LogP contribution is 2.16. The summed E-state index contributed by atoms with van der Waals surface area (Å²) in [6.45, 7) is 5.02. The van der Waals surface area contributed by atoms with Crippen molar-refractivity contribution in [3.05, 3.63) is 29.8 Å². The van der Waals surface area contributed by atoms with Crippen molar-refractivity contribution in [2.24, 2.45) is 0 Å². The summed E-state index contributed by atoms with van der Waals surface area (Å²) in [5.74, 6) is -0.219. The van der Waals surface area contributed by atoms with E-state index >= 15 is 0 Å². The van der Waals surface area contributed by atoms with Gasteiger partial charge in [0.2, 0.25) is 0 Å². The Morgan fingerprint density at radius 1 is 1.50 bits per heavy atom. The molecule has 0 spiro atoms. The SMILES string of the molecule is CCCNC(CC)c1ncccc1F. The van der Waals surface area contributed by atoms with E-state index in [-0.39, 0.29) is 11.9 Å². The highest BCUT2D eigenvalue weighted by molar-refractivity contribution is 5.11. The summed E-state index contributed by atoms with van der Waals surface area (Å²) in [7, 11) is 0. The van der Waals surface area contributed by atoms with Crippen molar-refractivity contribution in [2.45, 2.75) is 32.7 Å². The van der Waals surface area contributed by atoms with Crippen LogP contribution in [0.4, 0.5) is 4.39 Å². The molecule has 0 saturated carbocycles. The van der Waals surface area contributed by atoms with Crippen molar-refractivity contribution >= 4 is 0 Å². The van der Waals surface area contributed by atoms with E-state index in [1.165, 1.54) is 6.07 Å². The van der Waals surface area contributed by atoms with Crippen molar-refractivity contribution in [3.63, 3.8) is 0 Å². The molecule has 78 valence electrons. The predicted molar refractivity (Wildman–Crippen MR) is 55.5 cm³/mol. The topological polar surface area (TPSA) is 24.9 Å². The number of hydrogen-bond donors (Lipinski definition) is 1. The number of nitrogens with zero attached hydrogens (tertiary/aromatic N) is 1. The highest BCUT2D eigenvalue weighted by atomic mass is 19.1. The van der Waals surface area contributed by atoms with Gasteiger partial charge in [-0.25, -0.2) is 4.39 Å². The second kappa shape index (κ2) is 5.70. The van der Waals surface area contributed by atoms with Gasteiger partial charge in [0.25, 0.3) is 0 Å². The molecule has 1 rings (SSSR count). The van der Waals surface area contributed by atoms with E-state index < -0.39 is 0 Å². The molecule has 0 bridgehead atoms. The minimum absolute atomic E-state index is 0.0381. The maximum absolute atomic E-state index is 13.4. The van der Waals surface area contributed by atoms with Gasteiger partial charge in [0.15, 0.2) is 0 Å². The van der Waals surface area contributed by atoms with Gasteiger partial charge in [-0.2, -0.15) is 0 Å². The second-order valence-electron chi connectivity index (χ2n) is 3.29. The Hall–Kier alpha value is -0.960. The Morgan fingerprint density at radius 3 is 2.86 bits per heavy atom. The summed E-state index contributed by atoms with van der Waals surface area (Å²) in [5, 5.41) is 3.27. The van der Waals surface area contributed by atoms with Gasteiger partial charge in [-0.15, -0.1) is 0 Å². The fourth-order valence-corrected chi connectivity index (χ4v) is 1.41. The van der Waals surface area contributed by atoms with Crippen LogP contribution in [0, 0.1) is 5.82 Å². The van der Waals surface area contributed by atoms with Crippen molar-refractivity contribution in [3.8, 4) is 0 Å². The first-order valence-corrected chi connectivity index (χ1v) is 5.13. The summed E-state index contributed by atoms with van der Waals surface area (Å²) in [5.41, 5.74) is 0.531. The predicted octanol–water partition coefficient (Wildman–Crippen LogP) is 2.67.